The molecule has 0 atom stereocenters. The molecule has 0 unspecified atom stereocenters. The van der Waals surface area contributed by atoms with Crippen molar-refractivity contribution in [1.29, 1.82) is 0 Å². The van der Waals surface area contributed by atoms with Gasteiger partial charge in [0.25, 0.3) is 0 Å². The minimum atomic E-state index is 0.245. The van der Waals surface area contributed by atoms with Crippen molar-refractivity contribution in [1.82, 2.24) is 0 Å². The highest BCUT2D eigenvalue weighted by atomic mass is 15.2. The Morgan fingerprint density at radius 1 is 0.667 bits per heavy atom. The Labute approximate surface area is 107 Å². The summed E-state index contributed by atoms with van der Waals surface area (Å²) in [6.45, 7) is 2.16. The Bertz CT molecular complexity index is 542. The van der Waals surface area contributed by atoms with Crippen LogP contribution in [0.15, 0.2) is 70.9 Å². The summed E-state index contributed by atoms with van der Waals surface area (Å²) >= 11 is 0. The minimum Gasteiger partial charge on any atom is -0.154 e. The second kappa shape index (κ2) is 4.57. The number of hydrogen-bond acceptors (Lipinski definition) is 2. The van der Waals surface area contributed by atoms with E-state index in [1.54, 1.807) is 0 Å². The topological polar surface area (TPSA) is 24.7 Å². The van der Waals surface area contributed by atoms with Crippen molar-refractivity contribution in [3.05, 3.63) is 71.8 Å². The molecule has 0 radical (unpaired) electrons. The molecular formula is C16H14N2. The van der Waals surface area contributed by atoms with E-state index in [0.717, 1.165) is 22.6 Å². The van der Waals surface area contributed by atoms with E-state index in [1.165, 1.54) is 0 Å². The molecular weight excluding hydrogens is 220 g/mol. The van der Waals surface area contributed by atoms with Crippen LogP contribution >= 0.6 is 0 Å². The first-order valence-electron chi connectivity index (χ1n) is 6.12. The van der Waals surface area contributed by atoms with Crippen molar-refractivity contribution < 1.29 is 0 Å². The minimum absolute atomic E-state index is 0.245. The maximum absolute atomic E-state index is 4.35. The fourth-order valence-corrected chi connectivity index (χ4v) is 2.24. The highest BCUT2D eigenvalue weighted by Crippen LogP contribution is 2.21. The molecule has 2 nitrogen and oxygen atoms in total. The lowest BCUT2D eigenvalue weighted by Gasteiger charge is -2.10. The van der Waals surface area contributed by atoms with E-state index in [0.29, 0.717) is 0 Å². The highest BCUT2D eigenvalue weighted by molar-refractivity contribution is 6.22. The summed E-state index contributed by atoms with van der Waals surface area (Å²) in [5.74, 6) is 0.245. The first-order valence-corrected chi connectivity index (χ1v) is 6.12. The second-order valence-corrected chi connectivity index (χ2v) is 4.42. The molecule has 0 spiro atoms. The Hall–Kier alpha value is -2.22. The zero-order chi connectivity index (χ0) is 12.4. The number of benzene rings is 2. The molecule has 0 fully saturated rings. The fraction of sp³-hybridized carbons (Fsp3) is 0.125. The molecule has 2 aromatic rings. The van der Waals surface area contributed by atoms with Gasteiger partial charge in [-0.05, 0) is 11.1 Å². The second-order valence-electron chi connectivity index (χ2n) is 4.42. The van der Waals surface area contributed by atoms with Crippen LogP contribution in [-0.4, -0.2) is 11.4 Å². The van der Waals surface area contributed by atoms with Gasteiger partial charge in [0.2, 0.25) is 0 Å². The van der Waals surface area contributed by atoms with Crippen LogP contribution in [0.4, 0.5) is 0 Å². The standard InChI is InChI=1S/C16H14N2/c1-12-15(13-8-4-2-5-9-13)17-18-16(12)14-10-6-3-7-11-14/h2-12H,1H3. The van der Waals surface area contributed by atoms with Gasteiger partial charge in [-0.1, -0.05) is 67.6 Å². The lowest BCUT2D eigenvalue weighted by molar-refractivity contribution is 1.09. The summed E-state index contributed by atoms with van der Waals surface area (Å²) in [5.41, 5.74) is 4.41. The third-order valence-electron chi connectivity index (χ3n) is 3.22. The van der Waals surface area contributed by atoms with Gasteiger partial charge in [0.1, 0.15) is 0 Å². The van der Waals surface area contributed by atoms with Crippen molar-refractivity contribution in [3.8, 4) is 0 Å². The molecule has 0 saturated heterocycles. The van der Waals surface area contributed by atoms with Gasteiger partial charge in [0.05, 0.1) is 11.4 Å². The normalized spacial score (nSPS) is 15.4. The maximum Gasteiger partial charge on any atom is 0.0791 e. The summed E-state index contributed by atoms with van der Waals surface area (Å²) in [6, 6.07) is 20.5. The summed E-state index contributed by atoms with van der Waals surface area (Å²) in [4.78, 5) is 0. The lowest BCUT2D eigenvalue weighted by atomic mass is 9.91. The van der Waals surface area contributed by atoms with Crippen LogP contribution in [0.5, 0.6) is 0 Å². The molecule has 88 valence electrons. The predicted octanol–water partition coefficient (Wildman–Crippen LogP) is 3.53. The molecule has 0 bridgehead atoms. The van der Waals surface area contributed by atoms with Crippen LogP contribution in [-0.2, 0) is 0 Å². The van der Waals surface area contributed by atoms with Gasteiger partial charge >= 0.3 is 0 Å². The first kappa shape index (κ1) is 10.9. The number of nitrogens with zero attached hydrogens (tertiary/aromatic N) is 2. The highest BCUT2D eigenvalue weighted by Gasteiger charge is 2.24. The van der Waals surface area contributed by atoms with Crippen LogP contribution in [0.1, 0.15) is 18.1 Å². The van der Waals surface area contributed by atoms with Crippen LogP contribution in [0.2, 0.25) is 0 Å². The van der Waals surface area contributed by atoms with E-state index in [9.17, 15) is 0 Å². The van der Waals surface area contributed by atoms with E-state index in [-0.39, 0.29) is 5.92 Å². The molecule has 1 aliphatic heterocycles. The zero-order valence-corrected chi connectivity index (χ0v) is 10.2. The van der Waals surface area contributed by atoms with Gasteiger partial charge in [-0.3, -0.25) is 0 Å². The van der Waals surface area contributed by atoms with E-state index >= 15 is 0 Å². The van der Waals surface area contributed by atoms with Gasteiger partial charge in [0.15, 0.2) is 0 Å². The third-order valence-corrected chi connectivity index (χ3v) is 3.22. The van der Waals surface area contributed by atoms with E-state index in [2.05, 4.69) is 41.4 Å². The molecule has 2 heteroatoms. The average molecular weight is 234 g/mol. The Morgan fingerprint density at radius 3 is 1.44 bits per heavy atom. The van der Waals surface area contributed by atoms with Crippen molar-refractivity contribution in [2.24, 2.45) is 16.1 Å². The van der Waals surface area contributed by atoms with Crippen molar-refractivity contribution >= 4 is 11.4 Å². The first-order chi connectivity index (χ1) is 8.86. The maximum atomic E-state index is 4.35. The monoisotopic (exact) mass is 234 g/mol. The average Bonchev–Trinajstić information content (AvgIpc) is 2.83. The Kier molecular flexibility index (Phi) is 2.77. The molecule has 1 heterocycles. The van der Waals surface area contributed by atoms with Crippen LogP contribution in [0.25, 0.3) is 0 Å². The summed E-state index contributed by atoms with van der Waals surface area (Å²) in [7, 11) is 0. The van der Waals surface area contributed by atoms with Crippen LogP contribution in [0, 0.1) is 5.92 Å². The molecule has 0 aliphatic carbocycles. The SMILES string of the molecule is CC1C(c2ccccc2)=NN=C1c1ccccc1. The van der Waals surface area contributed by atoms with Gasteiger partial charge in [-0.25, -0.2) is 0 Å². The van der Waals surface area contributed by atoms with Crippen molar-refractivity contribution in [3.63, 3.8) is 0 Å². The zero-order valence-electron chi connectivity index (χ0n) is 10.2. The van der Waals surface area contributed by atoms with E-state index in [4.69, 9.17) is 0 Å². The van der Waals surface area contributed by atoms with Crippen molar-refractivity contribution in [2.75, 3.05) is 0 Å². The number of rotatable bonds is 2. The van der Waals surface area contributed by atoms with E-state index < -0.39 is 0 Å². The molecule has 0 amide bonds. The quantitative estimate of drug-likeness (QED) is 0.759. The fourth-order valence-electron chi connectivity index (χ4n) is 2.24. The van der Waals surface area contributed by atoms with Gasteiger partial charge in [-0.15, -0.1) is 0 Å². The Balaban J connectivity index is 1.90. The molecule has 18 heavy (non-hydrogen) atoms. The Morgan fingerprint density at radius 2 is 1.06 bits per heavy atom. The molecule has 0 aromatic heterocycles. The van der Waals surface area contributed by atoms with E-state index in [1.807, 2.05) is 36.4 Å². The molecule has 1 aliphatic rings. The molecule has 3 rings (SSSR count). The molecule has 2 aromatic carbocycles. The molecule has 0 saturated carbocycles. The van der Waals surface area contributed by atoms with Gasteiger partial charge in [-0.2, -0.15) is 10.2 Å². The predicted molar refractivity (Wildman–Crippen MR) is 75.1 cm³/mol. The smallest absolute Gasteiger partial charge is 0.0791 e. The van der Waals surface area contributed by atoms with Crippen molar-refractivity contribution in [2.45, 2.75) is 6.92 Å². The van der Waals surface area contributed by atoms with Crippen LogP contribution < -0.4 is 0 Å². The third kappa shape index (κ3) is 1.86. The summed E-state index contributed by atoms with van der Waals surface area (Å²) in [6.07, 6.45) is 0. The summed E-state index contributed by atoms with van der Waals surface area (Å²) < 4.78 is 0. The van der Waals surface area contributed by atoms with Crippen LogP contribution in [0.3, 0.4) is 0 Å². The van der Waals surface area contributed by atoms with Gasteiger partial charge in [0, 0.05) is 5.92 Å². The largest absolute Gasteiger partial charge is 0.154 e. The number of hydrogen-bond donors (Lipinski definition) is 0. The summed E-state index contributed by atoms with van der Waals surface area (Å²) in [5, 5.41) is 8.70. The lowest BCUT2D eigenvalue weighted by Crippen LogP contribution is -2.18. The van der Waals surface area contributed by atoms with Gasteiger partial charge < -0.3 is 0 Å². The molecule has 0 N–H and O–H groups in total.